The van der Waals surface area contributed by atoms with Crippen molar-refractivity contribution in [2.24, 2.45) is 0 Å². The van der Waals surface area contributed by atoms with Gasteiger partial charge in [-0.1, -0.05) is 66.2 Å². The zero-order chi connectivity index (χ0) is 25.1. The summed E-state index contributed by atoms with van der Waals surface area (Å²) < 4.78 is 0. The quantitative estimate of drug-likeness (QED) is 0.489. The highest BCUT2D eigenvalue weighted by atomic mass is 16.2. The molecule has 0 spiro atoms. The standard InChI is InChI=1S/C30H31N3O3/c1-22-12-14-24(15-13-22)29(35)32(26-16-18-31(19-17-26)21-23-8-4-2-5-9-23)27-20-28(34)33(30(27)36)25-10-6-3-7-11-25/h2-15,26-27H,16-21H2,1H3. The lowest BCUT2D eigenvalue weighted by atomic mass is 9.98. The fourth-order valence-corrected chi connectivity index (χ4v) is 5.29. The Kier molecular flexibility index (Phi) is 6.96. The average molecular weight is 482 g/mol. The molecule has 0 saturated carbocycles. The molecule has 2 saturated heterocycles. The van der Waals surface area contributed by atoms with E-state index in [-0.39, 0.29) is 30.2 Å². The van der Waals surface area contributed by atoms with E-state index in [9.17, 15) is 14.4 Å². The Morgan fingerprint density at radius 1 is 0.861 bits per heavy atom. The van der Waals surface area contributed by atoms with E-state index >= 15 is 0 Å². The number of hydrogen-bond donors (Lipinski definition) is 0. The fourth-order valence-electron chi connectivity index (χ4n) is 5.29. The molecule has 1 atom stereocenters. The fraction of sp³-hybridized carbons (Fsp3) is 0.300. The molecule has 0 N–H and O–H groups in total. The van der Waals surface area contributed by atoms with E-state index < -0.39 is 6.04 Å². The van der Waals surface area contributed by atoms with Gasteiger partial charge in [0.25, 0.3) is 11.8 Å². The van der Waals surface area contributed by atoms with Crippen molar-refractivity contribution in [3.63, 3.8) is 0 Å². The van der Waals surface area contributed by atoms with Crippen LogP contribution in [0.5, 0.6) is 0 Å². The number of piperidine rings is 1. The first kappa shape index (κ1) is 23.9. The van der Waals surface area contributed by atoms with Crippen LogP contribution < -0.4 is 4.90 Å². The van der Waals surface area contributed by atoms with E-state index in [1.807, 2.05) is 55.5 Å². The molecule has 1 unspecified atom stereocenters. The van der Waals surface area contributed by atoms with Crippen molar-refractivity contribution in [2.45, 2.75) is 44.8 Å². The number of rotatable bonds is 6. The number of nitrogens with zero attached hydrogens (tertiary/aromatic N) is 3. The number of carbonyl (C=O) groups excluding carboxylic acids is 3. The molecule has 3 aromatic carbocycles. The molecule has 2 fully saturated rings. The van der Waals surface area contributed by atoms with Gasteiger partial charge in [0.1, 0.15) is 6.04 Å². The molecule has 3 amide bonds. The maximum absolute atomic E-state index is 13.8. The van der Waals surface area contributed by atoms with Crippen molar-refractivity contribution in [1.29, 1.82) is 0 Å². The summed E-state index contributed by atoms with van der Waals surface area (Å²) in [6.45, 7) is 4.50. The first-order valence-corrected chi connectivity index (χ1v) is 12.6. The predicted octanol–water partition coefficient (Wildman–Crippen LogP) is 4.43. The van der Waals surface area contributed by atoms with Crippen LogP contribution in [0.25, 0.3) is 0 Å². The molecule has 0 bridgehead atoms. The number of likely N-dealkylation sites (tertiary alicyclic amines) is 1. The van der Waals surface area contributed by atoms with E-state index in [1.54, 1.807) is 29.2 Å². The van der Waals surface area contributed by atoms with Crippen LogP contribution in [0.4, 0.5) is 5.69 Å². The van der Waals surface area contributed by atoms with Gasteiger partial charge >= 0.3 is 0 Å². The first-order valence-electron chi connectivity index (χ1n) is 12.6. The third-order valence-electron chi connectivity index (χ3n) is 7.21. The Bertz CT molecular complexity index is 1220. The highest BCUT2D eigenvalue weighted by molar-refractivity contribution is 6.23. The van der Waals surface area contributed by atoms with Gasteiger partial charge in [0.05, 0.1) is 12.1 Å². The van der Waals surface area contributed by atoms with Crippen molar-refractivity contribution < 1.29 is 14.4 Å². The Morgan fingerprint density at radius 2 is 1.47 bits per heavy atom. The van der Waals surface area contributed by atoms with E-state index in [2.05, 4.69) is 17.0 Å². The minimum atomic E-state index is -0.794. The molecule has 0 aliphatic carbocycles. The maximum atomic E-state index is 13.8. The van der Waals surface area contributed by atoms with Gasteiger partial charge in [0.15, 0.2) is 0 Å². The van der Waals surface area contributed by atoms with Gasteiger partial charge in [-0.25, -0.2) is 4.90 Å². The summed E-state index contributed by atoms with van der Waals surface area (Å²) in [4.78, 5) is 45.8. The van der Waals surface area contributed by atoms with Crippen molar-refractivity contribution >= 4 is 23.4 Å². The van der Waals surface area contributed by atoms with Gasteiger partial charge in [0.2, 0.25) is 5.91 Å². The predicted molar refractivity (Wildman–Crippen MR) is 139 cm³/mol. The molecule has 2 aliphatic heterocycles. The second-order valence-corrected chi connectivity index (χ2v) is 9.69. The zero-order valence-corrected chi connectivity index (χ0v) is 20.5. The smallest absolute Gasteiger partial charge is 0.257 e. The topological polar surface area (TPSA) is 60.9 Å². The number of hydrogen-bond acceptors (Lipinski definition) is 4. The number of amides is 3. The lowest BCUT2D eigenvalue weighted by Crippen LogP contribution is -2.54. The minimum Gasteiger partial charge on any atom is -0.323 e. The molecule has 2 aliphatic rings. The summed E-state index contributed by atoms with van der Waals surface area (Å²) in [6.07, 6.45) is 1.52. The molecule has 184 valence electrons. The summed E-state index contributed by atoms with van der Waals surface area (Å²) in [5, 5.41) is 0. The van der Waals surface area contributed by atoms with Crippen LogP contribution in [0.2, 0.25) is 0 Å². The van der Waals surface area contributed by atoms with Crippen LogP contribution in [-0.2, 0) is 16.1 Å². The van der Waals surface area contributed by atoms with Gasteiger partial charge < -0.3 is 4.90 Å². The van der Waals surface area contributed by atoms with Gasteiger partial charge in [-0.05, 0) is 49.6 Å². The van der Waals surface area contributed by atoms with Crippen molar-refractivity contribution in [2.75, 3.05) is 18.0 Å². The zero-order valence-electron chi connectivity index (χ0n) is 20.5. The Hall–Kier alpha value is -3.77. The molecular weight excluding hydrogens is 450 g/mol. The van der Waals surface area contributed by atoms with Crippen LogP contribution in [-0.4, -0.2) is 52.7 Å². The number of benzene rings is 3. The van der Waals surface area contributed by atoms with Gasteiger partial charge in [-0.3, -0.25) is 19.3 Å². The second-order valence-electron chi connectivity index (χ2n) is 9.69. The summed E-state index contributed by atoms with van der Waals surface area (Å²) in [5.41, 5.74) is 3.43. The summed E-state index contributed by atoms with van der Waals surface area (Å²) in [6, 6.07) is 25.9. The lowest BCUT2D eigenvalue weighted by Gasteiger charge is -2.40. The van der Waals surface area contributed by atoms with E-state index in [0.29, 0.717) is 11.3 Å². The molecule has 5 rings (SSSR count). The van der Waals surface area contributed by atoms with Gasteiger partial charge in [-0.15, -0.1) is 0 Å². The van der Waals surface area contributed by atoms with Gasteiger partial charge in [-0.2, -0.15) is 0 Å². The van der Waals surface area contributed by atoms with Crippen LogP contribution in [0.15, 0.2) is 84.9 Å². The third kappa shape index (κ3) is 4.95. The van der Waals surface area contributed by atoms with E-state index in [4.69, 9.17) is 0 Å². The summed E-state index contributed by atoms with van der Waals surface area (Å²) in [5.74, 6) is -0.768. The number of imide groups is 1. The molecule has 3 aromatic rings. The lowest BCUT2D eigenvalue weighted by molar-refractivity contribution is -0.123. The molecule has 0 aromatic heterocycles. The monoisotopic (exact) mass is 481 g/mol. The molecule has 36 heavy (non-hydrogen) atoms. The van der Waals surface area contributed by atoms with Crippen molar-refractivity contribution in [3.8, 4) is 0 Å². The van der Waals surface area contributed by atoms with Crippen molar-refractivity contribution in [3.05, 3.63) is 102 Å². The van der Waals surface area contributed by atoms with Crippen LogP contribution in [0, 0.1) is 6.92 Å². The molecule has 6 nitrogen and oxygen atoms in total. The number of carbonyl (C=O) groups is 3. The summed E-state index contributed by atoms with van der Waals surface area (Å²) >= 11 is 0. The molecule has 6 heteroatoms. The van der Waals surface area contributed by atoms with Crippen LogP contribution >= 0.6 is 0 Å². The minimum absolute atomic E-state index is 0.00948. The third-order valence-corrected chi connectivity index (χ3v) is 7.21. The Labute approximate surface area is 212 Å². The Balaban J connectivity index is 1.39. The highest BCUT2D eigenvalue weighted by Gasteiger charge is 2.47. The molecular formula is C30H31N3O3. The maximum Gasteiger partial charge on any atom is 0.257 e. The average Bonchev–Trinajstić information content (AvgIpc) is 3.20. The summed E-state index contributed by atoms with van der Waals surface area (Å²) in [7, 11) is 0. The highest BCUT2D eigenvalue weighted by Crippen LogP contribution is 2.30. The number of para-hydroxylation sites is 1. The normalized spacial score (nSPS) is 19.0. The molecule has 2 heterocycles. The van der Waals surface area contributed by atoms with Crippen LogP contribution in [0.3, 0.4) is 0 Å². The van der Waals surface area contributed by atoms with E-state index in [1.165, 1.54) is 10.5 Å². The number of aryl methyl sites for hydroxylation is 1. The second kappa shape index (κ2) is 10.5. The van der Waals surface area contributed by atoms with E-state index in [0.717, 1.165) is 38.0 Å². The van der Waals surface area contributed by atoms with Crippen molar-refractivity contribution in [1.82, 2.24) is 9.80 Å². The largest absolute Gasteiger partial charge is 0.323 e. The first-order chi connectivity index (χ1) is 17.5. The van der Waals surface area contributed by atoms with Gasteiger partial charge in [0, 0.05) is 31.2 Å². The number of anilines is 1. The van der Waals surface area contributed by atoms with Crippen LogP contribution in [0.1, 0.15) is 40.7 Å². The Morgan fingerprint density at radius 3 is 2.11 bits per heavy atom. The molecule has 0 radical (unpaired) electrons. The SMILES string of the molecule is Cc1ccc(C(=O)N(C2CCN(Cc3ccccc3)CC2)C2CC(=O)N(c3ccccc3)C2=O)cc1.